The van der Waals surface area contributed by atoms with Crippen molar-refractivity contribution in [1.82, 2.24) is 10.2 Å². The second-order valence-corrected chi connectivity index (χ2v) is 6.09. The second kappa shape index (κ2) is 6.23. The van der Waals surface area contributed by atoms with Gasteiger partial charge in [-0.3, -0.25) is 0 Å². The van der Waals surface area contributed by atoms with Crippen LogP contribution in [0, 0.1) is 11.3 Å². The van der Waals surface area contributed by atoms with Gasteiger partial charge in [-0.15, -0.1) is 0 Å². The summed E-state index contributed by atoms with van der Waals surface area (Å²) in [6.45, 7) is 7.79. The van der Waals surface area contributed by atoms with Crippen molar-refractivity contribution < 1.29 is 19.4 Å². The van der Waals surface area contributed by atoms with Crippen molar-refractivity contribution in [3.63, 3.8) is 0 Å². The third kappa shape index (κ3) is 4.38. The molecule has 6 nitrogen and oxygen atoms in total. The smallest absolute Gasteiger partial charge is 0.328 e. The zero-order valence-corrected chi connectivity index (χ0v) is 12.1. The third-order valence-electron chi connectivity index (χ3n) is 3.63. The van der Waals surface area contributed by atoms with Crippen molar-refractivity contribution in [2.24, 2.45) is 11.3 Å². The SMILES string of the molecule is COCC(NC(=O)N1CCC(C(C)(C)C)C1)C(=O)O. The average molecular weight is 272 g/mol. The fourth-order valence-corrected chi connectivity index (χ4v) is 2.23. The first-order valence-corrected chi connectivity index (χ1v) is 6.53. The molecular weight excluding hydrogens is 248 g/mol. The van der Waals surface area contributed by atoms with E-state index in [4.69, 9.17) is 9.84 Å². The number of amides is 2. The standard InChI is InChI=1S/C13H24N2O4/c1-13(2,3)9-5-6-15(7-9)12(18)14-10(8-19-4)11(16)17/h9-10H,5-8H2,1-4H3,(H,14,18)(H,16,17). The van der Waals surface area contributed by atoms with E-state index in [1.54, 1.807) is 4.90 Å². The molecule has 1 saturated heterocycles. The summed E-state index contributed by atoms with van der Waals surface area (Å²) in [6, 6.07) is -1.32. The monoisotopic (exact) mass is 272 g/mol. The number of ether oxygens (including phenoxy) is 1. The highest BCUT2D eigenvalue weighted by Crippen LogP contribution is 2.33. The first-order chi connectivity index (χ1) is 8.75. The van der Waals surface area contributed by atoms with E-state index in [0.717, 1.165) is 6.42 Å². The van der Waals surface area contributed by atoms with Crippen LogP contribution in [-0.2, 0) is 9.53 Å². The van der Waals surface area contributed by atoms with Crippen LogP contribution in [0.3, 0.4) is 0 Å². The summed E-state index contributed by atoms with van der Waals surface area (Å²) in [7, 11) is 1.41. The Morgan fingerprint density at radius 3 is 2.53 bits per heavy atom. The number of hydrogen-bond donors (Lipinski definition) is 2. The van der Waals surface area contributed by atoms with E-state index in [-0.39, 0.29) is 18.1 Å². The Bertz CT molecular complexity index is 338. The minimum Gasteiger partial charge on any atom is -0.480 e. The van der Waals surface area contributed by atoms with Gasteiger partial charge in [0.25, 0.3) is 0 Å². The number of carboxylic acids is 1. The van der Waals surface area contributed by atoms with Crippen molar-refractivity contribution in [2.75, 3.05) is 26.8 Å². The number of carbonyl (C=O) groups is 2. The summed E-state index contributed by atoms with van der Waals surface area (Å²) < 4.78 is 4.79. The van der Waals surface area contributed by atoms with Gasteiger partial charge in [-0.05, 0) is 17.8 Å². The maximum Gasteiger partial charge on any atom is 0.328 e. The summed E-state index contributed by atoms with van der Waals surface area (Å²) in [6.07, 6.45) is 0.957. The highest BCUT2D eigenvalue weighted by atomic mass is 16.5. The van der Waals surface area contributed by atoms with Crippen molar-refractivity contribution in [1.29, 1.82) is 0 Å². The van der Waals surface area contributed by atoms with Gasteiger partial charge >= 0.3 is 12.0 Å². The molecule has 0 radical (unpaired) electrons. The Labute approximate surface area is 114 Å². The maximum atomic E-state index is 12.0. The minimum absolute atomic E-state index is 0.0301. The van der Waals surface area contributed by atoms with Gasteiger partial charge in [-0.2, -0.15) is 0 Å². The number of methoxy groups -OCH3 is 1. The van der Waals surface area contributed by atoms with Crippen LogP contribution >= 0.6 is 0 Å². The average Bonchev–Trinajstić information content (AvgIpc) is 2.76. The summed E-state index contributed by atoms with van der Waals surface area (Å²) in [5.41, 5.74) is 0.160. The van der Waals surface area contributed by atoms with Gasteiger partial charge in [0.2, 0.25) is 0 Å². The van der Waals surface area contributed by atoms with Crippen LogP contribution in [0.15, 0.2) is 0 Å². The van der Waals surface area contributed by atoms with E-state index >= 15 is 0 Å². The molecule has 0 aromatic heterocycles. The number of likely N-dealkylation sites (tertiary alicyclic amines) is 1. The molecule has 0 aromatic rings. The van der Waals surface area contributed by atoms with Crippen LogP contribution < -0.4 is 5.32 Å². The number of urea groups is 1. The number of rotatable bonds is 4. The van der Waals surface area contributed by atoms with Crippen LogP contribution in [0.25, 0.3) is 0 Å². The molecule has 2 atom stereocenters. The van der Waals surface area contributed by atoms with Gasteiger partial charge in [0.1, 0.15) is 0 Å². The number of nitrogens with one attached hydrogen (secondary N) is 1. The summed E-state index contributed by atoms with van der Waals surface area (Å²) >= 11 is 0. The van der Waals surface area contributed by atoms with Crippen molar-refractivity contribution in [3.8, 4) is 0 Å². The first-order valence-electron chi connectivity index (χ1n) is 6.53. The molecule has 0 bridgehead atoms. The summed E-state index contributed by atoms with van der Waals surface area (Å²) in [5, 5.41) is 11.5. The molecule has 1 aliphatic rings. The van der Waals surface area contributed by atoms with E-state index in [1.165, 1.54) is 7.11 Å². The number of carboxylic acid groups (broad SMARTS) is 1. The summed E-state index contributed by atoms with van der Waals surface area (Å²) in [4.78, 5) is 24.6. The highest BCUT2D eigenvalue weighted by Gasteiger charge is 2.34. The van der Waals surface area contributed by atoms with Crippen molar-refractivity contribution >= 4 is 12.0 Å². The molecule has 0 saturated carbocycles. The Morgan fingerprint density at radius 1 is 1.47 bits per heavy atom. The van der Waals surface area contributed by atoms with Gasteiger partial charge in [0, 0.05) is 20.2 Å². The van der Waals surface area contributed by atoms with Crippen LogP contribution in [-0.4, -0.2) is 54.9 Å². The molecule has 1 rings (SSSR count). The van der Waals surface area contributed by atoms with Crippen LogP contribution in [0.1, 0.15) is 27.2 Å². The Balaban J connectivity index is 2.53. The topological polar surface area (TPSA) is 78.9 Å². The largest absolute Gasteiger partial charge is 0.480 e. The van der Waals surface area contributed by atoms with E-state index < -0.39 is 12.0 Å². The summed E-state index contributed by atoms with van der Waals surface area (Å²) in [5.74, 6) is -0.634. The van der Waals surface area contributed by atoms with Gasteiger partial charge in [-0.1, -0.05) is 20.8 Å². The lowest BCUT2D eigenvalue weighted by Gasteiger charge is -2.27. The molecule has 110 valence electrons. The van der Waals surface area contributed by atoms with Crippen LogP contribution in [0.5, 0.6) is 0 Å². The van der Waals surface area contributed by atoms with Gasteiger partial charge in [-0.25, -0.2) is 9.59 Å². The zero-order chi connectivity index (χ0) is 14.6. The molecule has 1 aliphatic heterocycles. The minimum atomic E-state index is -1.08. The van der Waals surface area contributed by atoms with Crippen LogP contribution in [0.2, 0.25) is 0 Å². The van der Waals surface area contributed by atoms with Crippen molar-refractivity contribution in [3.05, 3.63) is 0 Å². The molecular formula is C13H24N2O4. The number of carbonyl (C=O) groups excluding carboxylic acids is 1. The lowest BCUT2D eigenvalue weighted by Crippen LogP contribution is -2.49. The van der Waals surface area contributed by atoms with Gasteiger partial charge in [0.15, 0.2) is 6.04 Å². The molecule has 1 heterocycles. The predicted molar refractivity (Wildman–Crippen MR) is 71.0 cm³/mol. The van der Waals surface area contributed by atoms with E-state index in [0.29, 0.717) is 19.0 Å². The molecule has 2 N–H and O–H groups in total. The first kappa shape index (κ1) is 15.8. The van der Waals surface area contributed by atoms with Crippen molar-refractivity contribution in [2.45, 2.75) is 33.2 Å². The van der Waals surface area contributed by atoms with E-state index in [2.05, 4.69) is 26.1 Å². The lowest BCUT2D eigenvalue weighted by atomic mass is 9.80. The fraction of sp³-hybridized carbons (Fsp3) is 0.846. The van der Waals surface area contributed by atoms with Crippen LogP contribution in [0.4, 0.5) is 4.79 Å². The number of hydrogen-bond acceptors (Lipinski definition) is 3. The normalized spacial score (nSPS) is 21.3. The van der Waals surface area contributed by atoms with E-state index in [9.17, 15) is 9.59 Å². The Kier molecular flexibility index (Phi) is 5.17. The molecule has 2 amide bonds. The van der Waals surface area contributed by atoms with E-state index in [1.807, 2.05) is 0 Å². The quantitative estimate of drug-likeness (QED) is 0.805. The maximum absolute atomic E-state index is 12.0. The predicted octanol–water partition coefficient (Wildman–Crippen LogP) is 1.16. The molecule has 19 heavy (non-hydrogen) atoms. The second-order valence-electron chi connectivity index (χ2n) is 6.09. The third-order valence-corrected chi connectivity index (χ3v) is 3.63. The fourth-order valence-electron chi connectivity index (χ4n) is 2.23. The molecule has 6 heteroatoms. The number of aliphatic carboxylic acids is 1. The van der Waals surface area contributed by atoms with Gasteiger partial charge in [0.05, 0.1) is 6.61 Å². The molecule has 1 fully saturated rings. The highest BCUT2D eigenvalue weighted by molar-refractivity contribution is 5.82. The molecule has 0 aromatic carbocycles. The Morgan fingerprint density at radius 2 is 2.11 bits per heavy atom. The zero-order valence-electron chi connectivity index (χ0n) is 12.1. The Hall–Kier alpha value is -1.30. The molecule has 0 spiro atoms. The number of nitrogens with zero attached hydrogens (tertiary/aromatic N) is 1. The lowest BCUT2D eigenvalue weighted by molar-refractivity contribution is -0.140. The molecule has 0 aliphatic carbocycles. The molecule has 2 unspecified atom stereocenters. The van der Waals surface area contributed by atoms with Gasteiger partial charge < -0.3 is 20.1 Å².